The van der Waals surface area contributed by atoms with Crippen LogP contribution in [-0.4, -0.2) is 83.3 Å². The number of nitrogens with two attached hydrogens (primary N) is 2. The van der Waals surface area contributed by atoms with Gasteiger partial charge in [-0.15, -0.1) is 6.54 Å². The number of nitrogens with zero attached hydrogens (tertiary/aromatic N) is 4. The lowest BCUT2D eigenvalue weighted by atomic mass is 10.2. The van der Waals surface area contributed by atoms with Gasteiger partial charge in [0.25, 0.3) is 5.91 Å². The second kappa shape index (κ2) is 12.2. The van der Waals surface area contributed by atoms with Gasteiger partial charge in [0.05, 0.1) is 52.8 Å². The van der Waals surface area contributed by atoms with E-state index in [9.17, 15) is 13.2 Å². The Morgan fingerprint density at radius 2 is 1.83 bits per heavy atom. The predicted molar refractivity (Wildman–Crippen MR) is 134 cm³/mol. The molecule has 0 unspecified atom stereocenters. The molecule has 0 aliphatic rings. The zero-order valence-electron chi connectivity index (χ0n) is 20.2. The molecule has 0 aliphatic heterocycles. The van der Waals surface area contributed by atoms with E-state index in [1.807, 2.05) is 14.1 Å². The molecule has 0 atom stereocenters. The Balaban J connectivity index is 1.77. The number of ether oxygens (including phenoxy) is 2. The predicted octanol–water partition coefficient (Wildman–Crippen LogP) is 1.66. The molecule has 2 rings (SSSR count). The van der Waals surface area contributed by atoms with Crippen molar-refractivity contribution >= 4 is 39.2 Å². The van der Waals surface area contributed by atoms with E-state index >= 15 is 0 Å². The van der Waals surface area contributed by atoms with Gasteiger partial charge in [-0.2, -0.15) is 0 Å². The Morgan fingerprint density at radius 1 is 1.11 bits per heavy atom. The highest BCUT2D eigenvalue weighted by atomic mass is 35.5. The van der Waals surface area contributed by atoms with Gasteiger partial charge in [-0.25, -0.2) is 18.4 Å². The number of carbonyl (C=O) groups is 1. The number of likely N-dealkylation sites (N-methyl/N-ethyl adjacent to an activating group) is 1. The van der Waals surface area contributed by atoms with Gasteiger partial charge >= 0.3 is 0 Å². The maximum Gasteiger partial charge on any atom is 0.273 e. The molecule has 5 N–H and O–H groups in total. The second-order valence-corrected chi connectivity index (χ2v) is 10.3. The molecule has 1 aromatic heterocycles. The Labute approximate surface area is 210 Å². The molecule has 35 heavy (non-hydrogen) atoms. The fraction of sp³-hybridized carbons (Fsp3) is 0.476. The van der Waals surface area contributed by atoms with Crippen LogP contribution in [-0.2, 0) is 10.0 Å². The van der Waals surface area contributed by atoms with Crippen molar-refractivity contribution in [2.24, 2.45) is 0 Å². The number of anilines is 2. The molecule has 0 spiro atoms. The molecular weight excluding hydrogens is 498 g/mol. The molecule has 0 fully saturated rings. The number of amides is 1. The van der Waals surface area contributed by atoms with Crippen molar-refractivity contribution in [3.63, 3.8) is 0 Å². The van der Waals surface area contributed by atoms with E-state index in [0.717, 1.165) is 13.0 Å². The number of sulfonamides is 1. The number of rotatable bonds is 13. The van der Waals surface area contributed by atoms with Crippen molar-refractivity contribution in [1.82, 2.24) is 15.3 Å². The molecule has 194 valence electrons. The van der Waals surface area contributed by atoms with Crippen LogP contribution in [0.15, 0.2) is 23.1 Å². The van der Waals surface area contributed by atoms with Crippen LogP contribution >= 0.6 is 11.6 Å². The first kappa shape index (κ1) is 28.4. The summed E-state index contributed by atoms with van der Waals surface area (Å²) in [6.07, 6.45) is 1.33. The molecule has 0 aliphatic carbocycles. The summed E-state index contributed by atoms with van der Waals surface area (Å²) in [6.45, 7) is 1.91. The summed E-state index contributed by atoms with van der Waals surface area (Å²) >= 11 is 5.82. The smallest absolute Gasteiger partial charge is 0.273 e. The van der Waals surface area contributed by atoms with Gasteiger partial charge in [-0.1, -0.05) is 18.0 Å². The Kier molecular flexibility index (Phi) is 9.89. The minimum atomic E-state index is -3.85. The van der Waals surface area contributed by atoms with Crippen molar-refractivity contribution in [3.05, 3.63) is 33.8 Å². The molecule has 0 bridgehead atoms. The topological polar surface area (TPSA) is 174 Å². The largest absolute Gasteiger partial charge is 0.545 e. The quantitative estimate of drug-likeness (QED) is 0.257. The van der Waals surface area contributed by atoms with Crippen LogP contribution in [0.1, 0.15) is 23.3 Å². The van der Waals surface area contributed by atoms with E-state index in [4.69, 9.17) is 32.5 Å². The number of nitrogen functional groups attached to an aromatic ring is 2. The maximum absolute atomic E-state index is 12.6. The molecule has 0 saturated carbocycles. The van der Waals surface area contributed by atoms with Crippen LogP contribution < -0.4 is 26.3 Å². The number of hydrogen-bond donors (Lipinski definition) is 3. The Hall–Kier alpha value is -2.87. The standard InChI is InChI=1S/C21H32ClN7O5S/c1-29(2,12-10-25-21(30)17-19(23)28-20(24)18(22)27-17)11-6-5-9-26-35(31,32)16-8-7-14(33-3)13-15(16)34-4/h7-8,13H,5-6,9-12H2,1-4H3,(H5,23,24,25,28,30). The average molecular weight is 530 g/mol. The molecule has 2 aromatic rings. The van der Waals surface area contributed by atoms with Crippen LogP contribution in [0.4, 0.5) is 11.6 Å². The average Bonchev–Trinajstić information content (AvgIpc) is 2.80. The SMILES string of the molecule is COc1ccc(S(=O)(=O)[N-]CCCC[N+](C)(C)CCNC(=O)c2nc(Cl)c(N)nc2N)c(OC)c1. The van der Waals surface area contributed by atoms with E-state index in [1.165, 1.54) is 26.4 Å². The molecule has 1 aromatic carbocycles. The minimum Gasteiger partial charge on any atom is -0.545 e. The summed E-state index contributed by atoms with van der Waals surface area (Å²) in [5.41, 5.74) is 11.1. The summed E-state index contributed by atoms with van der Waals surface area (Å²) in [6, 6.07) is 4.47. The molecule has 0 radical (unpaired) electrons. The minimum absolute atomic E-state index is 0.000342. The number of aromatic nitrogens is 2. The number of quaternary nitrogens is 1. The fourth-order valence-corrected chi connectivity index (χ4v) is 4.44. The molecule has 1 amide bonds. The highest BCUT2D eigenvalue weighted by Gasteiger charge is 2.19. The van der Waals surface area contributed by atoms with E-state index in [1.54, 1.807) is 6.07 Å². The first-order valence-corrected chi connectivity index (χ1v) is 12.6. The van der Waals surface area contributed by atoms with Crippen LogP contribution in [0.25, 0.3) is 4.72 Å². The zero-order valence-corrected chi connectivity index (χ0v) is 21.8. The number of halogens is 1. The maximum atomic E-state index is 12.6. The Morgan fingerprint density at radius 3 is 2.49 bits per heavy atom. The molecule has 0 saturated heterocycles. The van der Waals surface area contributed by atoms with Gasteiger partial charge in [-0.05, 0) is 18.6 Å². The molecule has 14 heteroatoms. The van der Waals surface area contributed by atoms with Crippen molar-refractivity contribution in [2.75, 3.05) is 66.0 Å². The summed E-state index contributed by atoms with van der Waals surface area (Å²) in [7, 11) is 3.05. The summed E-state index contributed by atoms with van der Waals surface area (Å²) in [4.78, 5) is 20.0. The Bertz CT molecular complexity index is 1150. The van der Waals surface area contributed by atoms with E-state index in [-0.39, 0.29) is 39.7 Å². The summed E-state index contributed by atoms with van der Waals surface area (Å²) in [5, 5.41) is 2.66. The zero-order chi connectivity index (χ0) is 26.2. The third kappa shape index (κ3) is 8.09. The van der Waals surface area contributed by atoms with E-state index in [0.29, 0.717) is 29.7 Å². The summed E-state index contributed by atoms with van der Waals surface area (Å²) < 4.78 is 39.9. The second-order valence-electron chi connectivity index (χ2n) is 8.32. The normalized spacial score (nSPS) is 11.8. The number of hydrogen-bond acceptors (Lipinski definition) is 9. The van der Waals surface area contributed by atoms with Gasteiger partial charge in [0.1, 0.15) is 21.5 Å². The number of carbonyl (C=O) groups excluding carboxylic acids is 1. The lowest BCUT2D eigenvalue weighted by molar-refractivity contribution is -0.889. The van der Waals surface area contributed by atoms with Gasteiger partial charge in [0.15, 0.2) is 22.5 Å². The molecule has 12 nitrogen and oxygen atoms in total. The monoisotopic (exact) mass is 529 g/mol. The number of benzene rings is 1. The number of methoxy groups -OCH3 is 2. The summed E-state index contributed by atoms with van der Waals surface area (Å²) in [5.74, 6) is 0.0488. The fourth-order valence-electron chi connectivity index (χ4n) is 3.17. The first-order valence-electron chi connectivity index (χ1n) is 10.7. The van der Waals surface area contributed by atoms with Crippen molar-refractivity contribution < 1.29 is 27.2 Å². The molecule has 1 heterocycles. The van der Waals surface area contributed by atoms with Gasteiger partial charge in [-0.3, -0.25) is 4.79 Å². The van der Waals surface area contributed by atoms with Gasteiger partial charge < -0.3 is 35.5 Å². The van der Waals surface area contributed by atoms with Crippen molar-refractivity contribution in [1.29, 1.82) is 0 Å². The number of nitrogens with one attached hydrogen (secondary N) is 1. The highest BCUT2D eigenvalue weighted by Crippen LogP contribution is 2.31. The van der Waals surface area contributed by atoms with E-state index < -0.39 is 15.9 Å². The third-order valence-corrected chi connectivity index (χ3v) is 6.90. The van der Waals surface area contributed by atoms with Crippen LogP contribution in [0, 0.1) is 0 Å². The van der Waals surface area contributed by atoms with Crippen molar-refractivity contribution in [2.45, 2.75) is 17.7 Å². The molecular formula is C21H32ClN7O5S. The van der Waals surface area contributed by atoms with Gasteiger partial charge in [0.2, 0.25) is 0 Å². The number of unbranched alkanes of at least 4 members (excludes halogenated alkanes) is 1. The van der Waals surface area contributed by atoms with Crippen LogP contribution in [0.2, 0.25) is 5.15 Å². The van der Waals surface area contributed by atoms with E-state index in [2.05, 4.69) is 20.0 Å². The first-order chi connectivity index (χ1) is 16.4. The van der Waals surface area contributed by atoms with Crippen LogP contribution in [0.3, 0.4) is 0 Å². The lowest BCUT2D eigenvalue weighted by Crippen LogP contribution is -2.46. The lowest BCUT2D eigenvalue weighted by Gasteiger charge is -2.30. The van der Waals surface area contributed by atoms with Crippen LogP contribution in [0.5, 0.6) is 11.5 Å². The highest BCUT2D eigenvalue weighted by molar-refractivity contribution is 7.94. The third-order valence-electron chi connectivity index (χ3n) is 5.20. The van der Waals surface area contributed by atoms with Gasteiger partial charge in [0, 0.05) is 6.07 Å². The van der Waals surface area contributed by atoms with Crippen molar-refractivity contribution in [3.8, 4) is 11.5 Å².